The van der Waals surface area contributed by atoms with E-state index in [0.29, 0.717) is 23.6 Å². The van der Waals surface area contributed by atoms with Crippen LogP contribution in [-0.2, 0) is 0 Å². The van der Waals surface area contributed by atoms with Gasteiger partial charge in [0.15, 0.2) is 10.9 Å². The Hall–Kier alpha value is -2.02. The smallest absolute Gasteiger partial charge is 0.257 e. The van der Waals surface area contributed by atoms with Gasteiger partial charge in [-0.3, -0.25) is 10.1 Å². The molecule has 0 atom stereocenters. The Morgan fingerprint density at radius 2 is 1.92 bits per heavy atom. The standard InChI is InChI=1S/C17H16Cl2N2O3S/c1-2-6-24-12-5-3-4-10(7-12)16(23)21-17(25)20-11-8-13(18)15(22)14(19)9-11/h3-5,7-9,22H,2,6H2,1H3,(H2,20,21,23,25). The molecule has 0 bridgehead atoms. The van der Waals surface area contributed by atoms with Crippen LogP contribution in [0.3, 0.4) is 0 Å². The Labute approximate surface area is 160 Å². The largest absolute Gasteiger partial charge is 0.505 e. The van der Waals surface area contributed by atoms with Crippen LogP contribution in [0.2, 0.25) is 10.0 Å². The maximum Gasteiger partial charge on any atom is 0.257 e. The van der Waals surface area contributed by atoms with Gasteiger partial charge < -0.3 is 15.2 Å². The lowest BCUT2D eigenvalue weighted by Crippen LogP contribution is -2.34. The maximum absolute atomic E-state index is 12.3. The summed E-state index contributed by atoms with van der Waals surface area (Å²) in [6.45, 7) is 2.58. The number of phenols is 1. The fourth-order valence-corrected chi connectivity index (χ4v) is 2.62. The molecular weight excluding hydrogens is 383 g/mol. The molecule has 0 aliphatic carbocycles. The lowest BCUT2D eigenvalue weighted by molar-refractivity contribution is 0.0977. The molecule has 1 amide bonds. The number of nitrogens with one attached hydrogen (secondary N) is 2. The molecule has 0 saturated heterocycles. The highest BCUT2D eigenvalue weighted by Crippen LogP contribution is 2.34. The SMILES string of the molecule is CCCOc1cccc(C(=O)NC(=S)Nc2cc(Cl)c(O)c(Cl)c2)c1. The number of rotatable bonds is 5. The number of halogens is 2. The Morgan fingerprint density at radius 1 is 1.24 bits per heavy atom. The molecular formula is C17H16Cl2N2O3S. The van der Waals surface area contributed by atoms with E-state index in [1.54, 1.807) is 24.3 Å². The van der Waals surface area contributed by atoms with Gasteiger partial charge in [0.2, 0.25) is 0 Å². The first kappa shape index (κ1) is 19.3. The summed E-state index contributed by atoms with van der Waals surface area (Å²) < 4.78 is 5.50. The number of benzene rings is 2. The van der Waals surface area contributed by atoms with Crippen LogP contribution < -0.4 is 15.4 Å². The fourth-order valence-electron chi connectivity index (χ4n) is 1.92. The van der Waals surface area contributed by atoms with Gasteiger partial charge >= 0.3 is 0 Å². The Kier molecular flexibility index (Phi) is 6.87. The van der Waals surface area contributed by atoms with Gasteiger partial charge in [-0.1, -0.05) is 36.2 Å². The second kappa shape index (κ2) is 8.89. The zero-order valence-electron chi connectivity index (χ0n) is 13.3. The molecule has 2 aromatic carbocycles. The van der Waals surface area contributed by atoms with Crippen LogP contribution in [0.25, 0.3) is 0 Å². The van der Waals surface area contributed by atoms with Gasteiger partial charge in [-0.25, -0.2) is 0 Å². The number of ether oxygens (including phenoxy) is 1. The summed E-state index contributed by atoms with van der Waals surface area (Å²) in [6.07, 6.45) is 0.877. The van der Waals surface area contributed by atoms with E-state index >= 15 is 0 Å². The molecule has 3 N–H and O–H groups in total. The van der Waals surface area contributed by atoms with Crippen molar-refractivity contribution in [3.05, 3.63) is 52.0 Å². The second-order valence-corrected chi connectivity index (χ2v) is 6.30. The number of carbonyl (C=O) groups excluding carboxylic acids is 1. The van der Waals surface area contributed by atoms with Gasteiger partial charge in [0.05, 0.1) is 16.7 Å². The summed E-state index contributed by atoms with van der Waals surface area (Å²) in [4.78, 5) is 12.3. The molecule has 2 aromatic rings. The lowest BCUT2D eigenvalue weighted by atomic mass is 10.2. The Balaban J connectivity index is 2.02. The van der Waals surface area contributed by atoms with E-state index in [4.69, 9.17) is 40.2 Å². The molecule has 8 heteroatoms. The van der Waals surface area contributed by atoms with Crippen LogP contribution in [0, 0.1) is 0 Å². The van der Waals surface area contributed by atoms with E-state index in [1.807, 2.05) is 6.92 Å². The molecule has 0 aromatic heterocycles. The van der Waals surface area contributed by atoms with Crippen LogP contribution in [0.4, 0.5) is 5.69 Å². The summed E-state index contributed by atoms with van der Waals surface area (Å²) in [6, 6.07) is 9.70. The first-order valence-electron chi connectivity index (χ1n) is 7.44. The quantitative estimate of drug-likeness (QED) is 0.506. The van der Waals surface area contributed by atoms with Gasteiger partial charge in [0, 0.05) is 11.3 Å². The molecule has 0 spiro atoms. The van der Waals surface area contributed by atoms with Crippen molar-refractivity contribution in [2.75, 3.05) is 11.9 Å². The van der Waals surface area contributed by atoms with Crippen molar-refractivity contribution in [2.45, 2.75) is 13.3 Å². The van der Waals surface area contributed by atoms with Crippen LogP contribution in [0.15, 0.2) is 36.4 Å². The van der Waals surface area contributed by atoms with Crippen molar-refractivity contribution < 1.29 is 14.6 Å². The van der Waals surface area contributed by atoms with E-state index in [0.717, 1.165) is 6.42 Å². The number of phenolic OH excluding ortho intramolecular Hbond substituents is 1. The van der Waals surface area contributed by atoms with Gasteiger partial charge in [-0.2, -0.15) is 0 Å². The Morgan fingerprint density at radius 3 is 2.56 bits per heavy atom. The minimum absolute atomic E-state index is 0.0719. The third-order valence-corrected chi connectivity index (χ3v) is 3.85. The van der Waals surface area contributed by atoms with Crippen LogP contribution in [-0.4, -0.2) is 22.7 Å². The van der Waals surface area contributed by atoms with E-state index in [9.17, 15) is 9.90 Å². The predicted octanol–water partition coefficient (Wildman–Crippen LogP) is 4.61. The average Bonchev–Trinajstić information content (AvgIpc) is 2.57. The molecule has 132 valence electrons. The molecule has 0 heterocycles. The second-order valence-electron chi connectivity index (χ2n) is 5.07. The van der Waals surface area contributed by atoms with Crippen molar-refractivity contribution in [1.29, 1.82) is 0 Å². The number of hydrogen-bond donors (Lipinski definition) is 3. The number of anilines is 1. The molecule has 0 saturated carbocycles. The van der Waals surface area contributed by atoms with Crippen molar-refractivity contribution in [1.82, 2.24) is 5.32 Å². The number of amides is 1. The van der Waals surface area contributed by atoms with Crippen molar-refractivity contribution in [3.63, 3.8) is 0 Å². The Bertz CT molecular complexity index is 776. The highest BCUT2D eigenvalue weighted by atomic mass is 35.5. The third kappa shape index (κ3) is 5.49. The maximum atomic E-state index is 12.3. The van der Waals surface area contributed by atoms with Gasteiger partial charge in [0.25, 0.3) is 5.91 Å². The summed E-state index contributed by atoms with van der Waals surface area (Å²) >= 11 is 16.8. The van der Waals surface area contributed by atoms with Crippen molar-refractivity contribution in [3.8, 4) is 11.5 Å². The number of hydrogen-bond acceptors (Lipinski definition) is 4. The molecule has 0 unspecified atom stereocenters. The van der Waals surface area contributed by atoms with Crippen molar-refractivity contribution in [2.24, 2.45) is 0 Å². The number of thiocarbonyl (C=S) groups is 1. The van der Waals surface area contributed by atoms with Gasteiger partial charge in [0.1, 0.15) is 5.75 Å². The highest BCUT2D eigenvalue weighted by Gasteiger charge is 2.11. The van der Waals surface area contributed by atoms with Crippen LogP contribution in [0.5, 0.6) is 11.5 Å². The minimum atomic E-state index is -0.379. The topological polar surface area (TPSA) is 70.6 Å². The van der Waals surface area contributed by atoms with Gasteiger partial charge in [-0.05, 0) is 49.0 Å². The normalized spacial score (nSPS) is 10.2. The zero-order valence-corrected chi connectivity index (χ0v) is 15.6. The monoisotopic (exact) mass is 398 g/mol. The average molecular weight is 399 g/mol. The first-order valence-corrected chi connectivity index (χ1v) is 8.60. The predicted molar refractivity (Wildman–Crippen MR) is 104 cm³/mol. The molecule has 0 aliphatic heterocycles. The molecule has 2 rings (SSSR count). The summed E-state index contributed by atoms with van der Waals surface area (Å²) in [5, 5.41) is 15.1. The molecule has 0 aliphatic rings. The first-order chi connectivity index (χ1) is 11.9. The zero-order chi connectivity index (χ0) is 18.4. The number of carbonyl (C=O) groups is 1. The lowest BCUT2D eigenvalue weighted by Gasteiger charge is -2.12. The van der Waals surface area contributed by atoms with E-state index in [-0.39, 0.29) is 26.8 Å². The highest BCUT2D eigenvalue weighted by molar-refractivity contribution is 7.80. The number of aromatic hydroxyl groups is 1. The summed E-state index contributed by atoms with van der Waals surface area (Å²) in [5.74, 6) is 0.0219. The molecule has 5 nitrogen and oxygen atoms in total. The summed E-state index contributed by atoms with van der Waals surface area (Å²) in [5.41, 5.74) is 0.859. The summed E-state index contributed by atoms with van der Waals surface area (Å²) in [7, 11) is 0. The molecule has 25 heavy (non-hydrogen) atoms. The van der Waals surface area contributed by atoms with Crippen LogP contribution >= 0.6 is 35.4 Å². The van der Waals surface area contributed by atoms with Crippen LogP contribution in [0.1, 0.15) is 23.7 Å². The van der Waals surface area contributed by atoms with E-state index < -0.39 is 0 Å². The van der Waals surface area contributed by atoms with Crippen molar-refractivity contribution >= 4 is 52.1 Å². The molecule has 0 fully saturated rings. The van der Waals surface area contributed by atoms with E-state index in [2.05, 4.69) is 10.6 Å². The van der Waals surface area contributed by atoms with Gasteiger partial charge in [-0.15, -0.1) is 0 Å². The molecule has 0 radical (unpaired) electrons. The third-order valence-electron chi connectivity index (χ3n) is 3.07. The minimum Gasteiger partial charge on any atom is -0.505 e. The fraction of sp³-hybridized carbons (Fsp3) is 0.176. The van der Waals surface area contributed by atoms with E-state index in [1.165, 1.54) is 12.1 Å².